The molecule has 0 amide bonds. The Labute approximate surface area is 174 Å². The van der Waals surface area contributed by atoms with Crippen LogP contribution in [0, 0.1) is 0 Å². The normalized spacial score (nSPS) is 15.0. The Morgan fingerprint density at radius 2 is 2.03 bits per heavy atom. The highest BCUT2D eigenvalue weighted by Crippen LogP contribution is 2.36. The number of rotatable bonds is 7. The topological polar surface area (TPSA) is 93.2 Å². The molecule has 3 heterocycles. The second kappa shape index (κ2) is 8.87. The van der Waals surface area contributed by atoms with Crippen LogP contribution in [0.1, 0.15) is 19.3 Å². The lowest BCUT2D eigenvalue weighted by Crippen LogP contribution is -2.43. The number of imidazole rings is 1. The Morgan fingerprint density at radius 1 is 1.21 bits per heavy atom. The number of nitrogens with zero attached hydrogens (tertiary/aromatic N) is 4. The summed E-state index contributed by atoms with van der Waals surface area (Å²) < 4.78 is 12.9. The van der Waals surface area contributed by atoms with Gasteiger partial charge in [-0.15, -0.1) is 0 Å². The number of aromatic amines is 1. The van der Waals surface area contributed by atoms with E-state index in [9.17, 15) is 0 Å². The highest BCUT2D eigenvalue weighted by atomic mass is 32.2. The first-order valence-corrected chi connectivity index (χ1v) is 10.7. The van der Waals surface area contributed by atoms with Gasteiger partial charge in [0, 0.05) is 6.54 Å². The summed E-state index contributed by atoms with van der Waals surface area (Å²) >= 11 is 1.48. The number of anilines is 1. The molecule has 9 heteroatoms. The van der Waals surface area contributed by atoms with Gasteiger partial charge in [0.15, 0.2) is 5.52 Å². The summed E-state index contributed by atoms with van der Waals surface area (Å²) in [5, 5.41) is 0.734. The number of fused-ring (bicyclic) bond motifs is 1. The van der Waals surface area contributed by atoms with E-state index in [2.05, 4.69) is 19.4 Å². The minimum atomic E-state index is 0.450. The van der Waals surface area contributed by atoms with Crippen LogP contribution >= 0.6 is 11.8 Å². The lowest BCUT2D eigenvalue weighted by atomic mass is 10.1. The zero-order chi connectivity index (χ0) is 20.2. The van der Waals surface area contributed by atoms with E-state index in [1.165, 1.54) is 44.1 Å². The van der Waals surface area contributed by atoms with E-state index < -0.39 is 0 Å². The smallest absolute Gasteiger partial charge is 0.294 e. The average Bonchev–Trinajstić information content (AvgIpc) is 3.18. The second-order valence-corrected chi connectivity index (χ2v) is 8.12. The van der Waals surface area contributed by atoms with Crippen molar-refractivity contribution >= 4 is 28.7 Å². The minimum Gasteiger partial charge on any atom is -0.497 e. The number of nitrogen functional groups attached to an aromatic ring is 1. The van der Waals surface area contributed by atoms with E-state index in [1.807, 2.05) is 18.2 Å². The van der Waals surface area contributed by atoms with Crippen LogP contribution in [0.4, 0.5) is 5.82 Å². The minimum absolute atomic E-state index is 0.450. The molecule has 3 aromatic rings. The summed E-state index contributed by atoms with van der Waals surface area (Å²) in [5.74, 6) is 1.98. The van der Waals surface area contributed by atoms with Gasteiger partial charge in [-0.3, -0.25) is 0 Å². The van der Waals surface area contributed by atoms with E-state index in [0.717, 1.165) is 45.8 Å². The molecule has 0 unspecified atom stereocenters. The highest BCUT2D eigenvalue weighted by molar-refractivity contribution is 7.99. The number of likely N-dealkylation sites (tertiary alicyclic amines) is 1. The maximum atomic E-state index is 6.11. The van der Waals surface area contributed by atoms with Gasteiger partial charge in [0.25, 0.3) is 5.65 Å². The van der Waals surface area contributed by atoms with Crippen LogP contribution in [0.15, 0.2) is 34.6 Å². The number of H-pyrrole nitrogens is 1. The third-order valence-electron chi connectivity index (χ3n) is 5.21. The maximum absolute atomic E-state index is 6.11. The van der Waals surface area contributed by atoms with Crippen molar-refractivity contribution in [1.29, 1.82) is 0 Å². The van der Waals surface area contributed by atoms with Gasteiger partial charge in [-0.1, -0.05) is 16.4 Å². The number of piperidine rings is 1. The fourth-order valence-corrected chi connectivity index (χ4v) is 4.51. The van der Waals surface area contributed by atoms with E-state index in [1.54, 1.807) is 20.5 Å². The summed E-state index contributed by atoms with van der Waals surface area (Å²) in [6, 6.07) is 5.69. The zero-order valence-corrected chi connectivity index (χ0v) is 17.7. The summed E-state index contributed by atoms with van der Waals surface area (Å²) in [6.45, 7) is 4.17. The van der Waals surface area contributed by atoms with Crippen LogP contribution in [0.25, 0.3) is 11.2 Å². The SMILES string of the molecule is COc1ccc(OC)c(Sc2nc3c([nH]2)c(N)nc[n+]3CCN2CCCCC2)c1. The summed E-state index contributed by atoms with van der Waals surface area (Å²) in [4.78, 5) is 15.9. The number of hydrogen-bond donors (Lipinski definition) is 2. The van der Waals surface area contributed by atoms with E-state index in [0.29, 0.717) is 5.82 Å². The van der Waals surface area contributed by atoms with Crippen molar-refractivity contribution in [1.82, 2.24) is 19.9 Å². The molecular formula is C20H27N6O2S+. The number of ether oxygens (including phenoxy) is 2. The lowest BCUT2D eigenvalue weighted by molar-refractivity contribution is -0.675. The highest BCUT2D eigenvalue weighted by Gasteiger charge is 2.21. The van der Waals surface area contributed by atoms with Crippen LogP contribution in [-0.4, -0.2) is 53.7 Å². The van der Waals surface area contributed by atoms with Crippen molar-refractivity contribution in [2.75, 3.05) is 39.6 Å². The summed E-state index contributed by atoms with van der Waals surface area (Å²) in [5.41, 5.74) is 7.69. The van der Waals surface area contributed by atoms with E-state index >= 15 is 0 Å². The molecule has 29 heavy (non-hydrogen) atoms. The lowest BCUT2D eigenvalue weighted by Gasteiger charge is -2.25. The van der Waals surface area contributed by atoms with Crippen molar-refractivity contribution in [3.63, 3.8) is 0 Å². The molecule has 3 N–H and O–H groups in total. The summed E-state index contributed by atoms with van der Waals surface area (Å²) in [7, 11) is 3.30. The molecule has 1 aliphatic heterocycles. The first-order valence-electron chi connectivity index (χ1n) is 9.84. The van der Waals surface area contributed by atoms with Crippen LogP contribution < -0.4 is 19.8 Å². The monoisotopic (exact) mass is 415 g/mol. The molecule has 0 saturated carbocycles. The Balaban J connectivity index is 1.59. The number of nitrogens with one attached hydrogen (secondary N) is 1. The number of benzene rings is 1. The van der Waals surface area contributed by atoms with Gasteiger partial charge in [-0.25, -0.2) is 4.57 Å². The quantitative estimate of drug-likeness (QED) is 0.573. The van der Waals surface area contributed by atoms with Gasteiger partial charge in [0.2, 0.25) is 17.3 Å². The van der Waals surface area contributed by atoms with Gasteiger partial charge in [-0.05, 0) is 55.9 Å². The Hall–Kier alpha value is -2.52. The largest absolute Gasteiger partial charge is 0.497 e. The Bertz CT molecular complexity index is 987. The van der Waals surface area contributed by atoms with Crippen LogP contribution in [-0.2, 0) is 6.54 Å². The third kappa shape index (κ3) is 4.40. The fraction of sp³-hybridized carbons (Fsp3) is 0.450. The molecule has 2 aromatic heterocycles. The van der Waals surface area contributed by atoms with Gasteiger partial charge in [0.1, 0.15) is 11.5 Å². The van der Waals surface area contributed by atoms with Gasteiger partial charge >= 0.3 is 0 Å². The molecule has 1 saturated heterocycles. The molecule has 154 valence electrons. The fourth-order valence-electron chi connectivity index (χ4n) is 3.59. The molecule has 1 aromatic carbocycles. The molecule has 0 atom stereocenters. The number of aromatic nitrogens is 4. The van der Waals surface area contributed by atoms with Crippen molar-refractivity contribution in [2.45, 2.75) is 35.9 Å². The van der Waals surface area contributed by atoms with Gasteiger partial charge < -0.3 is 25.1 Å². The van der Waals surface area contributed by atoms with Gasteiger partial charge in [0.05, 0.1) is 25.7 Å². The number of methoxy groups -OCH3 is 2. The van der Waals surface area contributed by atoms with E-state index in [-0.39, 0.29) is 0 Å². The first kappa shape index (κ1) is 19.8. The summed E-state index contributed by atoms with van der Waals surface area (Å²) in [6.07, 6.45) is 5.69. The molecule has 0 bridgehead atoms. The predicted molar refractivity (Wildman–Crippen MR) is 112 cm³/mol. The van der Waals surface area contributed by atoms with Gasteiger partial charge in [-0.2, -0.15) is 0 Å². The van der Waals surface area contributed by atoms with Crippen LogP contribution in [0.5, 0.6) is 11.5 Å². The van der Waals surface area contributed by atoms with Crippen molar-refractivity contribution < 1.29 is 14.0 Å². The molecule has 4 rings (SSSR count). The maximum Gasteiger partial charge on any atom is 0.294 e. The molecule has 0 spiro atoms. The molecule has 8 nitrogen and oxygen atoms in total. The Kier molecular flexibility index (Phi) is 6.05. The van der Waals surface area contributed by atoms with E-state index in [4.69, 9.17) is 20.2 Å². The molecule has 1 fully saturated rings. The van der Waals surface area contributed by atoms with Crippen LogP contribution in [0.3, 0.4) is 0 Å². The number of hydrogen-bond acceptors (Lipinski definition) is 7. The van der Waals surface area contributed by atoms with Crippen LogP contribution in [0.2, 0.25) is 0 Å². The molecule has 1 aliphatic rings. The zero-order valence-electron chi connectivity index (χ0n) is 16.9. The predicted octanol–water partition coefficient (Wildman–Crippen LogP) is 2.48. The van der Waals surface area contributed by atoms with Crippen molar-refractivity contribution in [3.05, 3.63) is 24.5 Å². The molecule has 0 aliphatic carbocycles. The Morgan fingerprint density at radius 3 is 2.79 bits per heavy atom. The third-order valence-corrected chi connectivity index (χ3v) is 6.14. The standard InChI is InChI=1S/C20H26N6O2S/c1-27-14-6-7-15(28-2)16(12-14)29-20-23-17-18(21)22-13-26(19(17)24-20)11-10-25-8-4-3-5-9-25/h6-7,12-13H,3-5,8-11H2,1-2H3,(H2,21,23,24)/p+1. The number of nitrogens with two attached hydrogens (primary N) is 1. The first-order chi connectivity index (χ1) is 14.2. The van der Waals surface area contributed by atoms with Crippen molar-refractivity contribution in [3.8, 4) is 11.5 Å². The molecular weight excluding hydrogens is 388 g/mol. The second-order valence-electron chi connectivity index (χ2n) is 7.08. The van der Waals surface area contributed by atoms with Crippen molar-refractivity contribution in [2.24, 2.45) is 0 Å². The average molecular weight is 416 g/mol. The molecule has 0 radical (unpaired) electrons.